The number of allylic oxidation sites excluding steroid dienone is 2. The van der Waals surface area contributed by atoms with Crippen molar-refractivity contribution in [3.63, 3.8) is 0 Å². The molecule has 1 aliphatic heterocycles. The predicted octanol–water partition coefficient (Wildman–Crippen LogP) is 5.38. The fraction of sp³-hybridized carbons (Fsp3) is 0.261. The predicted molar refractivity (Wildman–Crippen MR) is 108 cm³/mol. The van der Waals surface area contributed by atoms with E-state index >= 15 is 0 Å². The summed E-state index contributed by atoms with van der Waals surface area (Å²) in [4.78, 5) is 2.19. The highest BCUT2D eigenvalue weighted by Gasteiger charge is 2.18. The van der Waals surface area contributed by atoms with Crippen LogP contribution in [0.4, 0.5) is 5.69 Å². The molecule has 3 rings (SSSR count). The number of hydrogen-bond acceptors (Lipinski definition) is 2. The van der Waals surface area contributed by atoms with E-state index in [9.17, 15) is 0 Å². The van der Waals surface area contributed by atoms with Crippen molar-refractivity contribution in [1.29, 1.82) is 5.41 Å². The molecule has 128 valence electrons. The first kappa shape index (κ1) is 17.2. The molecule has 1 unspecified atom stereocenters. The lowest BCUT2D eigenvalue weighted by Gasteiger charge is -2.30. The molecular weight excluding hydrogens is 304 g/mol. The standard InChI is InChI=1S/C23H26N2/c1-18(2)14-21-16-20(15-19-8-4-3-5-9-19)11-12-23(21)25-13-7-6-10-22(25)17-24/h3-13,16-18,22,24H,14-15H2,1-2H3. The largest absolute Gasteiger partial charge is 0.336 e. The molecule has 1 heterocycles. The lowest BCUT2D eigenvalue weighted by molar-refractivity contribution is 0.646. The maximum Gasteiger partial charge on any atom is 0.0867 e. The molecule has 0 aromatic heterocycles. The van der Waals surface area contributed by atoms with E-state index in [1.807, 2.05) is 12.2 Å². The van der Waals surface area contributed by atoms with Crippen LogP contribution in [-0.4, -0.2) is 12.3 Å². The Bertz CT molecular complexity index is 772. The summed E-state index contributed by atoms with van der Waals surface area (Å²) in [5.41, 5.74) is 5.24. The van der Waals surface area contributed by atoms with Crippen LogP contribution < -0.4 is 4.90 Å². The minimum atomic E-state index is -0.00381. The van der Waals surface area contributed by atoms with Gasteiger partial charge in [-0.25, -0.2) is 0 Å². The van der Waals surface area contributed by atoms with Gasteiger partial charge in [0.25, 0.3) is 0 Å². The third kappa shape index (κ3) is 4.27. The summed E-state index contributed by atoms with van der Waals surface area (Å²) >= 11 is 0. The maximum atomic E-state index is 7.73. The van der Waals surface area contributed by atoms with Gasteiger partial charge in [0.05, 0.1) is 6.04 Å². The average Bonchev–Trinajstić information content (AvgIpc) is 2.62. The molecule has 2 heteroatoms. The molecule has 0 saturated carbocycles. The molecule has 1 atom stereocenters. The van der Waals surface area contributed by atoms with E-state index in [4.69, 9.17) is 5.41 Å². The van der Waals surface area contributed by atoms with Crippen LogP contribution >= 0.6 is 0 Å². The van der Waals surface area contributed by atoms with Crippen molar-refractivity contribution >= 4 is 11.9 Å². The Morgan fingerprint density at radius 1 is 1.04 bits per heavy atom. The molecule has 0 amide bonds. The molecule has 1 N–H and O–H groups in total. The zero-order chi connectivity index (χ0) is 17.6. The molecule has 0 saturated heterocycles. The number of anilines is 1. The quantitative estimate of drug-likeness (QED) is 0.707. The fourth-order valence-corrected chi connectivity index (χ4v) is 3.32. The smallest absolute Gasteiger partial charge is 0.0867 e. The van der Waals surface area contributed by atoms with Crippen LogP contribution in [0.3, 0.4) is 0 Å². The second-order valence-corrected chi connectivity index (χ2v) is 7.01. The summed E-state index contributed by atoms with van der Waals surface area (Å²) < 4.78 is 0. The summed E-state index contributed by atoms with van der Waals surface area (Å²) in [5, 5.41) is 7.73. The van der Waals surface area contributed by atoms with Crippen LogP contribution in [0.2, 0.25) is 0 Å². The lowest BCUT2D eigenvalue weighted by Crippen LogP contribution is -2.32. The molecular formula is C23H26N2. The van der Waals surface area contributed by atoms with Gasteiger partial charge in [-0.1, -0.05) is 68.5 Å². The molecule has 0 spiro atoms. The van der Waals surface area contributed by atoms with Crippen LogP contribution in [0.25, 0.3) is 0 Å². The van der Waals surface area contributed by atoms with Crippen LogP contribution in [0.5, 0.6) is 0 Å². The van der Waals surface area contributed by atoms with Gasteiger partial charge in [0.2, 0.25) is 0 Å². The number of hydrogen-bond donors (Lipinski definition) is 1. The molecule has 2 aromatic carbocycles. The van der Waals surface area contributed by atoms with E-state index < -0.39 is 0 Å². The van der Waals surface area contributed by atoms with Gasteiger partial charge in [-0.2, -0.15) is 0 Å². The second-order valence-electron chi connectivity index (χ2n) is 7.01. The summed E-state index contributed by atoms with van der Waals surface area (Å²) in [6.07, 6.45) is 11.7. The van der Waals surface area contributed by atoms with Crippen molar-refractivity contribution in [3.05, 3.63) is 89.6 Å². The second kappa shape index (κ2) is 7.98. The molecule has 0 radical (unpaired) electrons. The van der Waals surface area contributed by atoms with Crippen molar-refractivity contribution < 1.29 is 0 Å². The summed E-state index contributed by atoms with van der Waals surface area (Å²) in [7, 11) is 0. The molecule has 25 heavy (non-hydrogen) atoms. The Labute approximate surface area is 151 Å². The third-order valence-electron chi connectivity index (χ3n) is 4.46. The highest BCUT2D eigenvalue weighted by Crippen LogP contribution is 2.29. The monoisotopic (exact) mass is 330 g/mol. The minimum Gasteiger partial charge on any atom is -0.336 e. The SMILES string of the molecule is CC(C)Cc1cc(Cc2ccccc2)ccc1N1C=CC=CC1C=N. The Morgan fingerprint density at radius 2 is 1.84 bits per heavy atom. The van der Waals surface area contributed by atoms with Crippen molar-refractivity contribution in [1.82, 2.24) is 0 Å². The van der Waals surface area contributed by atoms with E-state index in [-0.39, 0.29) is 6.04 Å². The van der Waals surface area contributed by atoms with Crippen LogP contribution in [0, 0.1) is 11.3 Å². The Balaban J connectivity index is 1.94. The van der Waals surface area contributed by atoms with Gasteiger partial charge >= 0.3 is 0 Å². The zero-order valence-corrected chi connectivity index (χ0v) is 15.0. The summed E-state index contributed by atoms with van der Waals surface area (Å²) in [6.45, 7) is 4.52. The molecule has 1 aliphatic rings. The number of nitrogens with zero attached hydrogens (tertiary/aromatic N) is 1. The van der Waals surface area contributed by atoms with Gasteiger partial charge in [-0.3, -0.25) is 0 Å². The van der Waals surface area contributed by atoms with Crippen LogP contribution in [0.1, 0.15) is 30.5 Å². The topological polar surface area (TPSA) is 27.1 Å². The van der Waals surface area contributed by atoms with Crippen LogP contribution in [-0.2, 0) is 12.8 Å². The van der Waals surface area contributed by atoms with E-state index in [1.54, 1.807) is 0 Å². The zero-order valence-electron chi connectivity index (χ0n) is 15.0. The maximum absolute atomic E-state index is 7.73. The molecule has 2 nitrogen and oxygen atoms in total. The van der Waals surface area contributed by atoms with E-state index in [0.29, 0.717) is 5.92 Å². The molecule has 0 aliphatic carbocycles. The number of nitrogens with one attached hydrogen (secondary N) is 1. The number of benzene rings is 2. The van der Waals surface area contributed by atoms with Crippen molar-refractivity contribution in [2.45, 2.75) is 32.7 Å². The highest BCUT2D eigenvalue weighted by atomic mass is 15.1. The van der Waals surface area contributed by atoms with Gasteiger partial charge in [0.1, 0.15) is 0 Å². The highest BCUT2D eigenvalue weighted by molar-refractivity contribution is 5.75. The first-order chi connectivity index (χ1) is 12.2. The lowest BCUT2D eigenvalue weighted by atomic mass is 9.95. The Morgan fingerprint density at radius 3 is 2.56 bits per heavy atom. The van der Waals surface area contributed by atoms with Gasteiger partial charge in [-0.15, -0.1) is 0 Å². The van der Waals surface area contributed by atoms with Gasteiger partial charge in [-0.05, 0) is 47.6 Å². The normalized spacial score (nSPS) is 16.4. The average molecular weight is 330 g/mol. The van der Waals surface area contributed by atoms with Crippen molar-refractivity contribution in [3.8, 4) is 0 Å². The Hall–Kier alpha value is -2.61. The Kier molecular flexibility index (Phi) is 5.49. The number of rotatable bonds is 6. The third-order valence-corrected chi connectivity index (χ3v) is 4.46. The van der Waals surface area contributed by atoms with E-state index in [1.165, 1.54) is 28.6 Å². The summed E-state index contributed by atoms with van der Waals surface area (Å²) in [6, 6.07) is 17.4. The molecule has 0 fully saturated rings. The van der Waals surface area contributed by atoms with Crippen molar-refractivity contribution in [2.75, 3.05) is 4.90 Å². The molecule has 0 bridgehead atoms. The minimum absolute atomic E-state index is 0.00381. The first-order valence-corrected chi connectivity index (χ1v) is 8.97. The van der Waals surface area contributed by atoms with Gasteiger partial charge in [0.15, 0.2) is 0 Å². The van der Waals surface area contributed by atoms with Crippen molar-refractivity contribution in [2.24, 2.45) is 5.92 Å². The van der Waals surface area contributed by atoms with Crippen LogP contribution in [0.15, 0.2) is 73.0 Å². The first-order valence-electron chi connectivity index (χ1n) is 8.97. The van der Waals surface area contributed by atoms with Gasteiger partial charge < -0.3 is 10.3 Å². The fourth-order valence-electron chi connectivity index (χ4n) is 3.32. The van der Waals surface area contributed by atoms with E-state index in [2.05, 4.69) is 79.6 Å². The van der Waals surface area contributed by atoms with Gasteiger partial charge in [0, 0.05) is 18.1 Å². The molecule has 2 aromatic rings. The summed E-state index contributed by atoms with van der Waals surface area (Å²) in [5.74, 6) is 0.591. The van der Waals surface area contributed by atoms with E-state index in [0.717, 1.165) is 12.8 Å².